The first kappa shape index (κ1) is 27.0. The predicted octanol–water partition coefficient (Wildman–Crippen LogP) is 5.44. The first-order valence-electron chi connectivity index (χ1n) is 13.0. The molecule has 0 unspecified atom stereocenters. The average Bonchev–Trinajstić information content (AvgIpc) is 3.64. The summed E-state index contributed by atoms with van der Waals surface area (Å²) in [5, 5.41) is 4.19. The summed E-state index contributed by atoms with van der Waals surface area (Å²) in [7, 11) is 0. The van der Waals surface area contributed by atoms with Crippen LogP contribution in [0.4, 0.5) is 14.9 Å². The number of carbonyl (C=O) groups excluding carboxylic acids is 3. The van der Waals surface area contributed by atoms with Gasteiger partial charge in [-0.3, -0.25) is 14.9 Å². The number of aromatic nitrogens is 2. The Bertz CT molecular complexity index is 1640. The topological polar surface area (TPSA) is 130 Å². The third-order valence-corrected chi connectivity index (χ3v) is 8.88. The largest absolute Gasteiger partial charge is 0.436 e. The smallest absolute Gasteiger partial charge is 0.412 e. The lowest BCUT2D eigenvalue weighted by atomic mass is 9.81. The van der Waals surface area contributed by atoms with Crippen molar-refractivity contribution in [3.63, 3.8) is 0 Å². The number of nitrogens with zero attached hydrogens (tertiary/aromatic N) is 2. The third kappa shape index (κ3) is 4.85. The molecule has 4 N–H and O–H groups in total. The lowest BCUT2D eigenvalue weighted by Gasteiger charge is -2.45. The molecule has 41 heavy (non-hydrogen) atoms. The zero-order valence-electron chi connectivity index (χ0n) is 21.7. The number of halogens is 2. The molecule has 2 aromatic carbocycles. The fourth-order valence-corrected chi connectivity index (χ4v) is 6.97. The Kier molecular flexibility index (Phi) is 7.00. The van der Waals surface area contributed by atoms with Crippen molar-refractivity contribution in [2.45, 2.75) is 30.8 Å². The van der Waals surface area contributed by atoms with Crippen molar-refractivity contribution in [1.29, 1.82) is 0 Å². The molecular weight excluding hydrogens is 569 g/mol. The maximum absolute atomic E-state index is 15.5. The number of imidazole rings is 1. The Morgan fingerprint density at radius 3 is 2.78 bits per heavy atom. The summed E-state index contributed by atoms with van der Waals surface area (Å²) >= 11 is 7.28. The number of amides is 3. The number of nitrogens with two attached hydrogens (primary N) is 1. The van der Waals surface area contributed by atoms with E-state index in [1.165, 1.54) is 12.1 Å². The number of aromatic amines is 1. The second-order valence-electron chi connectivity index (χ2n) is 10.1. The molecule has 0 bridgehead atoms. The number of thiophene rings is 1. The molecule has 2 aliphatic heterocycles. The average molecular weight is 594 g/mol. The molecule has 210 valence electrons. The van der Waals surface area contributed by atoms with Gasteiger partial charge in [-0.15, -0.1) is 11.3 Å². The van der Waals surface area contributed by atoms with Crippen LogP contribution in [0, 0.1) is 5.82 Å². The summed E-state index contributed by atoms with van der Waals surface area (Å²) < 4.78 is 21.2. The van der Waals surface area contributed by atoms with Crippen molar-refractivity contribution >= 4 is 46.5 Å². The normalized spacial score (nSPS) is 18.9. The van der Waals surface area contributed by atoms with Gasteiger partial charge in [-0.1, -0.05) is 41.9 Å². The minimum atomic E-state index is -1.43. The van der Waals surface area contributed by atoms with E-state index in [1.807, 2.05) is 30.3 Å². The third-order valence-electron chi connectivity index (χ3n) is 7.58. The van der Waals surface area contributed by atoms with Gasteiger partial charge >= 0.3 is 6.09 Å². The number of ether oxygens (including phenoxy) is 1. The number of anilines is 1. The van der Waals surface area contributed by atoms with Gasteiger partial charge in [0.1, 0.15) is 5.82 Å². The monoisotopic (exact) mass is 593 g/mol. The van der Waals surface area contributed by atoms with Crippen LogP contribution in [0.1, 0.15) is 45.1 Å². The molecule has 0 aliphatic carbocycles. The summed E-state index contributed by atoms with van der Waals surface area (Å²) in [6, 6.07) is 12.3. The molecule has 2 aliphatic rings. The van der Waals surface area contributed by atoms with Crippen LogP contribution in [0.5, 0.6) is 0 Å². The molecule has 0 saturated carbocycles. The summed E-state index contributed by atoms with van der Waals surface area (Å²) in [4.78, 5) is 49.0. The van der Waals surface area contributed by atoms with E-state index >= 15 is 4.39 Å². The number of hydrogen-bond acceptors (Lipinski definition) is 6. The highest BCUT2D eigenvalue weighted by Gasteiger charge is 2.49. The minimum absolute atomic E-state index is 0.0824. The number of H-pyrrole nitrogens is 1. The molecule has 1 spiro atoms. The quantitative estimate of drug-likeness (QED) is 0.274. The lowest BCUT2D eigenvalue weighted by Crippen LogP contribution is -2.54. The maximum Gasteiger partial charge on any atom is 0.412 e. The van der Waals surface area contributed by atoms with Gasteiger partial charge in [-0.2, -0.15) is 0 Å². The number of carbonyl (C=O) groups is 3. The number of piperidine rings is 1. The van der Waals surface area contributed by atoms with Crippen LogP contribution in [-0.2, 0) is 21.6 Å². The Morgan fingerprint density at radius 2 is 2.05 bits per heavy atom. The highest BCUT2D eigenvalue weighted by atomic mass is 35.5. The van der Waals surface area contributed by atoms with Gasteiger partial charge in [-0.05, 0) is 42.5 Å². The molecule has 2 aromatic heterocycles. The Hall–Kier alpha value is -4.22. The standard InChI is InChI=1S/C29H25ClFN5O4S/c30-19-7-8-20-22(23(19)31)29(40-28(39)35-20)9-4-12-36(15-29)27(38)17(13-16-5-2-1-3-6-16)21-18(26-33-10-11-34-26)14-41-24(21)25(32)37/h1-3,5-8,10-11,14,17H,4,9,12-13,15H2,(H2,32,37)(H,33,34)(H,35,39)/t17-,29-/m0/s1. The number of likely N-dealkylation sites (tertiary alicyclic amines) is 1. The van der Waals surface area contributed by atoms with E-state index in [9.17, 15) is 14.4 Å². The van der Waals surface area contributed by atoms with E-state index in [0.29, 0.717) is 36.3 Å². The fraction of sp³-hybridized carbons (Fsp3) is 0.241. The van der Waals surface area contributed by atoms with Gasteiger partial charge in [0.15, 0.2) is 11.4 Å². The molecule has 2 atom stereocenters. The second kappa shape index (κ2) is 10.6. The van der Waals surface area contributed by atoms with E-state index in [2.05, 4.69) is 15.3 Å². The van der Waals surface area contributed by atoms with E-state index < -0.39 is 29.3 Å². The first-order chi connectivity index (χ1) is 19.8. The number of primary amides is 1. The first-order valence-corrected chi connectivity index (χ1v) is 14.3. The number of fused-ring (bicyclic) bond motifs is 2. The SMILES string of the molecule is NC(=O)c1scc(-c2ncc[nH]2)c1[C@H](Cc1ccccc1)C(=O)N1CCC[C@@]2(C1)OC(=O)Nc1ccc(Cl)c(F)c12. The molecule has 4 heterocycles. The van der Waals surface area contributed by atoms with Crippen molar-refractivity contribution < 1.29 is 23.5 Å². The zero-order chi connectivity index (χ0) is 28.7. The van der Waals surface area contributed by atoms with Crippen LogP contribution in [0.2, 0.25) is 5.02 Å². The van der Waals surface area contributed by atoms with Crippen molar-refractivity contribution in [2.24, 2.45) is 5.73 Å². The Balaban J connectivity index is 1.44. The van der Waals surface area contributed by atoms with Gasteiger partial charge in [0.25, 0.3) is 5.91 Å². The summed E-state index contributed by atoms with van der Waals surface area (Å²) in [5.74, 6) is -1.99. The second-order valence-corrected chi connectivity index (χ2v) is 11.4. The van der Waals surface area contributed by atoms with Crippen LogP contribution >= 0.6 is 22.9 Å². The van der Waals surface area contributed by atoms with Crippen LogP contribution in [0.3, 0.4) is 0 Å². The van der Waals surface area contributed by atoms with E-state index in [1.54, 1.807) is 22.7 Å². The van der Waals surface area contributed by atoms with Crippen LogP contribution < -0.4 is 11.1 Å². The molecule has 1 saturated heterocycles. The van der Waals surface area contributed by atoms with E-state index in [0.717, 1.165) is 16.9 Å². The molecule has 0 radical (unpaired) electrons. The van der Waals surface area contributed by atoms with E-state index in [4.69, 9.17) is 22.1 Å². The molecule has 1 fully saturated rings. The fourth-order valence-electron chi connectivity index (χ4n) is 5.84. The highest BCUT2D eigenvalue weighted by molar-refractivity contribution is 7.12. The maximum atomic E-state index is 15.5. The number of benzene rings is 2. The van der Waals surface area contributed by atoms with Crippen LogP contribution in [0.25, 0.3) is 11.4 Å². The lowest BCUT2D eigenvalue weighted by molar-refractivity contribution is -0.140. The molecule has 9 nitrogen and oxygen atoms in total. The van der Waals surface area contributed by atoms with Gasteiger partial charge in [0.05, 0.1) is 33.6 Å². The summed E-state index contributed by atoms with van der Waals surface area (Å²) in [6.07, 6.45) is 3.53. The number of hydrogen-bond donors (Lipinski definition) is 3. The number of rotatable bonds is 6. The van der Waals surface area contributed by atoms with E-state index in [-0.39, 0.29) is 40.0 Å². The summed E-state index contributed by atoms with van der Waals surface area (Å²) in [5.41, 5.74) is 6.70. The van der Waals surface area contributed by atoms with Gasteiger partial charge < -0.3 is 20.4 Å². The molecule has 4 aromatic rings. The van der Waals surface area contributed by atoms with Crippen molar-refractivity contribution in [2.75, 3.05) is 18.4 Å². The van der Waals surface area contributed by atoms with Gasteiger partial charge in [-0.25, -0.2) is 14.2 Å². The van der Waals surface area contributed by atoms with Crippen LogP contribution in [-0.4, -0.2) is 45.9 Å². The number of nitrogens with one attached hydrogen (secondary N) is 2. The Morgan fingerprint density at radius 1 is 1.24 bits per heavy atom. The van der Waals surface area contributed by atoms with Gasteiger partial charge in [0.2, 0.25) is 5.91 Å². The molecular formula is C29H25ClFN5O4S. The van der Waals surface area contributed by atoms with Crippen molar-refractivity contribution in [3.05, 3.63) is 92.6 Å². The molecule has 12 heteroatoms. The highest BCUT2D eigenvalue weighted by Crippen LogP contribution is 2.46. The molecule has 6 rings (SSSR count). The minimum Gasteiger partial charge on any atom is -0.436 e. The van der Waals surface area contributed by atoms with Gasteiger partial charge in [0, 0.05) is 29.9 Å². The van der Waals surface area contributed by atoms with Crippen LogP contribution in [0.15, 0.2) is 60.2 Å². The molecule has 3 amide bonds. The summed E-state index contributed by atoms with van der Waals surface area (Å²) in [6.45, 7) is 0.265. The Labute approximate surface area is 243 Å². The van der Waals surface area contributed by atoms with Crippen molar-refractivity contribution in [3.8, 4) is 11.4 Å². The van der Waals surface area contributed by atoms with Crippen molar-refractivity contribution in [1.82, 2.24) is 14.9 Å². The predicted molar refractivity (Wildman–Crippen MR) is 152 cm³/mol. The zero-order valence-corrected chi connectivity index (χ0v) is 23.2.